The van der Waals surface area contributed by atoms with E-state index < -0.39 is 0 Å². The molecule has 0 aliphatic heterocycles. The molecule has 0 N–H and O–H groups in total. The molecule has 1 aliphatic carbocycles. The highest BCUT2D eigenvalue weighted by molar-refractivity contribution is 9.28. The van der Waals surface area contributed by atoms with Crippen LogP contribution >= 0.6 is 31.9 Å². The van der Waals surface area contributed by atoms with Crippen LogP contribution in [0.4, 0.5) is 0 Å². The van der Waals surface area contributed by atoms with E-state index in [1.807, 2.05) is 67.6 Å². The maximum atomic E-state index is 12.7. The average Bonchev–Trinajstić information content (AvgIpc) is 3.15. The number of esters is 1. The lowest BCUT2D eigenvalue weighted by molar-refractivity contribution is -0.151. The molecule has 3 rings (SSSR count). The quantitative estimate of drug-likeness (QED) is 0.407. The van der Waals surface area contributed by atoms with Crippen molar-refractivity contribution < 1.29 is 14.3 Å². The molecule has 1 saturated carbocycles. The summed E-state index contributed by atoms with van der Waals surface area (Å²) in [5.74, 6) is 1.36. The fourth-order valence-corrected chi connectivity index (χ4v) is 3.92. The largest absolute Gasteiger partial charge is 0.458 e. The molecule has 1 fully saturated rings. The van der Waals surface area contributed by atoms with Crippen LogP contribution < -0.4 is 4.74 Å². The van der Waals surface area contributed by atoms with Gasteiger partial charge in [0.15, 0.2) is 0 Å². The van der Waals surface area contributed by atoms with Crippen LogP contribution in [0.2, 0.25) is 0 Å². The van der Waals surface area contributed by atoms with Gasteiger partial charge in [-0.2, -0.15) is 0 Å². The molecule has 0 aromatic heterocycles. The smallest absolute Gasteiger partial charge is 0.310 e. The van der Waals surface area contributed by atoms with Crippen molar-refractivity contribution in [1.82, 2.24) is 0 Å². The Morgan fingerprint density at radius 2 is 1.74 bits per heavy atom. The van der Waals surface area contributed by atoms with E-state index in [0.717, 1.165) is 20.5 Å². The van der Waals surface area contributed by atoms with Crippen molar-refractivity contribution in [3.05, 3.63) is 69.6 Å². The molecule has 3 atom stereocenters. The summed E-state index contributed by atoms with van der Waals surface area (Å²) >= 11 is 6.76. The number of ether oxygens (including phenoxy) is 2. The highest BCUT2D eigenvalue weighted by Crippen LogP contribution is 2.60. The third-order valence-corrected chi connectivity index (χ3v) is 5.60. The monoisotopic (exact) mass is 492 g/mol. The van der Waals surface area contributed by atoms with Crippen LogP contribution in [0.15, 0.2) is 64.1 Å². The summed E-state index contributed by atoms with van der Waals surface area (Å²) in [6.45, 7) is 6.06. The van der Waals surface area contributed by atoms with E-state index >= 15 is 0 Å². The number of rotatable bonds is 6. The van der Waals surface area contributed by atoms with Crippen LogP contribution in [0.3, 0.4) is 0 Å². The average molecular weight is 494 g/mol. The molecular weight excluding hydrogens is 472 g/mol. The topological polar surface area (TPSA) is 35.5 Å². The summed E-state index contributed by atoms with van der Waals surface area (Å²) in [6, 6.07) is 17.3. The van der Waals surface area contributed by atoms with Crippen LogP contribution in [0.25, 0.3) is 0 Å². The zero-order chi connectivity index (χ0) is 19.6. The molecule has 0 heterocycles. The second kappa shape index (κ2) is 8.19. The first-order valence-corrected chi connectivity index (χ1v) is 10.4. The molecule has 2 unspecified atom stereocenters. The minimum Gasteiger partial charge on any atom is -0.458 e. The first kappa shape index (κ1) is 20.2. The molecular formula is C22H22Br2O3. The van der Waals surface area contributed by atoms with Gasteiger partial charge in [-0.15, -0.1) is 0 Å². The van der Waals surface area contributed by atoms with E-state index in [1.165, 1.54) is 0 Å². The van der Waals surface area contributed by atoms with Gasteiger partial charge in [0.2, 0.25) is 0 Å². The molecule has 0 saturated heterocycles. The highest BCUT2D eigenvalue weighted by Gasteiger charge is 2.61. The lowest BCUT2D eigenvalue weighted by Crippen LogP contribution is -2.13. The summed E-state index contributed by atoms with van der Waals surface area (Å²) in [4.78, 5) is 12.7. The van der Waals surface area contributed by atoms with E-state index in [4.69, 9.17) is 9.47 Å². The minimum absolute atomic E-state index is 0.0954. The molecule has 0 spiro atoms. The van der Waals surface area contributed by atoms with Crippen LogP contribution in [0.5, 0.6) is 11.5 Å². The molecule has 27 heavy (non-hydrogen) atoms. The number of hydrogen-bond donors (Lipinski definition) is 0. The van der Waals surface area contributed by atoms with Gasteiger partial charge in [-0.25, -0.2) is 0 Å². The summed E-state index contributed by atoms with van der Waals surface area (Å²) in [5, 5.41) is 0. The lowest BCUT2D eigenvalue weighted by Gasteiger charge is -2.15. The minimum atomic E-state index is -0.342. The molecule has 2 aromatic carbocycles. The normalized spacial score (nSPS) is 21.1. The fourth-order valence-electron chi connectivity index (χ4n) is 3.35. The van der Waals surface area contributed by atoms with Gasteiger partial charge < -0.3 is 9.47 Å². The third kappa shape index (κ3) is 4.82. The van der Waals surface area contributed by atoms with Gasteiger partial charge in [0.05, 0.1) is 9.31 Å². The molecule has 142 valence electrons. The number of hydrogen-bond acceptors (Lipinski definition) is 3. The molecule has 2 aromatic rings. The summed E-state index contributed by atoms with van der Waals surface area (Å²) in [6.07, 6.45) is 1.68. The van der Waals surface area contributed by atoms with Gasteiger partial charge in [0.25, 0.3) is 0 Å². The molecule has 0 bridgehead atoms. The van der Waals surface area contributed by atoms with E-state index in [0.29, 0.717) is 0 Å². The predicted octanol–water partition coefficient (Wildman–Crippen LogP) is 6.99. The fraction of sp³-hybridized carbons (Fsp3) is 0.318. The SMILES string of the molecule is C[C@@H](OC(=O)C1C(C=C(Br)Br)C1(C)C)c1cccc(Oc2ccccc2)c1. The number of carbonyl (C=O) groups is 1. The van der Waals surface area contributed by atoms with E-state index in [2.05, 4.69) is 45.7 Å². The van der Waals surface area contributed by atoms with Crippen molar-refractivity contribution >= 4 is 37.8 Å². The van der Waals surface area contributed by atoms with Crippen LogP contribution in [0, 0.1) is 17.3 Å². The zero-order valence-corrected chi connectivity index (χ0v) is 18.7. The zero-order valence-electron chi connectivity index (χ0n) is 15.5. The Kier molecular flexibility index (Phi) is 6.11. The molecule has 5 heteroatoms. The van der Waals surface area contributed by atoms with Crippen molar-refractivity contribution in [3.63, 3.8) is 0 Å². The first-order valence-electron chi connectivity index (χ1n) is 8.85. The number of carbonyl (C=O) groups excluding carboxylic acids is 1. The van der Waals surface area contributed by atoms with Crippen LogP contribution in [0.1, 0.15) is 32.4 Å². The third-order valence-electron chi connectivity index (χ3n) is 5.07. The molecule has 0 radical (unpaired) electrons. The van der Waals surface area contributed by atoms with Crippen LogP contribution in [-0.4, -0.2) is 5.97 Å². The standard InChI is InChI=1S/C22H22Br2O3/c1-14(26-21(25)20-18(13-19(23)24)22(20,2)3)15-8-7-11-17(12-15)27-16-9-5-4-6-10-16/h4-14,18,20H,1-3H3/t14-,18?,20?/m1/s1. The number of benzene rings is 2. The van der Waals surface area contributed by atoms with E-state index in [1.54, 1.807) is 0 Å². The Hall–Kier alpha value is -1.59. The van der Waals surface area contributed by atoms with Gasteiger partial charge in [-0.05, 0) is 79.9 Å². The second-order valence-electron chi connectivity index (χ2n) is 7.35. The van der Waals surface area contributed by atoms with Gasteiger partial charge in [-0.3, -0.25) is 4.79 Å². The Morgan fingerprint density at radius 3 is 2.41 bits per heavy atom. The van der Waals surface area contributed by atoms with E-state index in [9.17, 15) is 4.79 Å². The molecule has 3 nitrogen and oxygen atoms in total. The van der Waals surface area contributed by atoms with Crippen molar-refractivity contribution in [3.8, 4) is 11.5 Å². The lowest BCUT2D eigenvalue weighted by atomic mass is 10.1. The Bertz CT molecular complexity index is 842. The van der Waals surface area contributed by atoms with Crippen LogP contribution in [-0.2, 0) is 9.53 Å². The maximum Gasteiger partial charge on any atom is 0.310 e. The maximum absolute atomic E-state index is 12.7. The Balaban J connectivity index is 1.66. The number of para-hydroxylation sites is 1. The summed E-state index contributed by atoms with van der Waals surface area (Å²) < 4.78 is 12.5. The number of halogens is 2. The highest BCUT2D eigenvalue weighted by atomic mass is 79.9. The van der Waals surface area contributed by atoms with Crippen molar-refractivity contribution in [2.24, 2.45) is 17.3 Å². The second-order valence-corrected chi connectivity index (χ2v) is 10.1. The molecule has 1 aliphatic rings. The number of allylic oxidation sites excluding steroid dienone is 1. The van der Waals surface area contributed by atoms with Crippen molar-refractivity contribution in [2.45, 2.75) is 26.9 Å². The Labute approximate surface area is 177 Å². The Morgan fingerprint density at radius 1 is 1.07 bits per heavy atom. The van der Waals surface area contributed by atoms with E-state index in [-0.39, 0.29) is 29.3 Å². The van der Waals surface area contributed by atoms with Crippen molar-refractivity contribution in [2.75, 3.05) is 0 Å². The van der Waals surface area contributed by atoms with Gasteiger partial charge >= 0.3 is 5.97 Å². The summed E-state index contributed by atoms with van der Waals surface area (Å²) in [7, 11) is 0. The van der Waals surface area contributed by atoms with Gasteiger partial charge in [0.1, 0.15) is 17.6 Å². The van der Waals surface area contributed by atoms with Gasteiger partial charge in [0, 0.05) is 0 Å². The van der Waals surface area contributed by atoms with Gasteiger partial charge in [-0.1, -0.05) is 50.3 Å². The molecule has 0 amide bonds. The predicted molar refractivity (Wildman–Crippen MR) is 114 cm³/mol. The summed E-state index contributed by atoms with van der Waals surface area (Å²) in [5.41, 5.74) is 0.811. The van der Waals surface area contributed by atoms with Crippen molar-refractivity contribution in [1.29, 1.82) is 0 Å². The first-order chi connectivity index (χ1) is 12.8.